The minimum absolute atomic E-state index is 0.244. The summed E-state index contributed by atoms with van der Waals surface area (Å²) in [7, 11) is 0. The lowest BCUT2D eigenvalue weighted by molar-refractivity contribution is 0.474. The lowest BCUT2D eigenvalue weighted by Gasteiger charge is -2.08. The maximum absolute atomic E-state index is 9.71. The largest absolute Gasteiger partial charge is 0.508 e. The van der Waals surface area contributed by atoms with E-state index in [1.807, 2.05) is 12.3 Å². The molecule has 2 aromatic heterocycles. The summed E-state index contributed by atoms with van der Waals surface area (Å²) < 4.78 is 2.57. The smallest absolute Gasteiger partial charge is 0.134 e. The highest BCUT2D eigenvalue weighted by atomic mass is 79.9. The number of aliphatic imine (C=N–C) groups is 1. The molecule has 122 valence electrons. The number of phenolic OH excluding ortho intramolecular Hbond substituents is 1. The van der Waals surface area contributed by atoms with Gasteiger partial charge < -0.3 is 10.8 Å². The molecule has 0 spiro atoms. The third-order valence-electron chi connectivity index (χ3n) is 4.08. The molecule has 1 aliphatic rings. The van der Waals surface area contributed by atoms with Crippen LogP contribution in [0, 0.1) is 0 Å². The van der Waals surface area contributed by atoms with E-state index in [1.54, 1.807) is 28.9 Å². The molecule has 0 amide bonds. The Morgan fingerprint density at radius 2 is 2.17 bits per heavy atom. The average molecular weight is 406 g/mol. The quantitative estimate of drug-likeness (QED) is 0.502. The Kier molecular flexibility index (Phi) is 3.73. The summed E-state index contributed by atoms with van der Waals surface area (Å²) in [5.74, 6) is 0.995. The number of rotatable bonds is 3. The highest BCUT2D eigenvalue weighted by Crippen LogP contribution is 2.45. The first-order chi connectivity index (χ1) is 11.5. The van der Waals surface area contributed by atoms with Gasteiger partial charge in [-0.25, -0.2) is 9.51 Å². The van der Waals surface area contributed by atoms with E-state index in [1.165, 1.54) is 0 Å². The Morgan fingerprint density at radius 1 is 1.38 bits per heavy atom. The number of amidine groups is 1. The van der Waals surface area contributed by atoms with E-state index < -0.39 is 0 Å². The zero-order chi connectivity index (χ0) is 16.8. The van der Waals surface area contributed by atoms with Crippen molar-refractivity contribution in [1.29, 1.82) is 0 Å². The molecule has 24 heavy (non-hydrogen) atoms. The molecule has 0 bridgehead atoms. The molecule has 3 N–H and O–H groups in total. The van der Waals surface area contributed by atoms with Crippen LogP contribution in [0.5, 0.6) is 5.75 Å². The summed E-state index contributed by atoms with van der Waals surface area (Å²) in [6, 6.07) is 7.04. The van der Waals surface area contributed by atoms with Gasteiger partial charge in [0.15, 0.2) is 0 Å². The van der Waals surface area contributed by atoms with Gasteiger partial charge in [-0.15, -0.1) is 0 Å². The number of benzene rings is 1. The predicted molar refractivity (Wildman–Crippen MR) is 98.4 cm³/mol. The van der Waals surface area contributed by atoms with Gasteiger partial charge >= 0.3 is 0 Å². The van der Waals surface area contributed by atoms with Crippen molar-refractivity contribution in [3.05, 3.63) is 57.3 Å². The monoisotopic (exact) mass is 404 g/mol. The molecule has 0 unspecified atom stereocenters. The summed E-state index contributed by atoms with van der Waals surface area (Å²) in [6.45, 7) is 0. The lowest BCUT2D eigenvalue weighted by Crippen LogP contribution is -2.15. The van der Waals surface area contributed by atoms with Crippen LogP contribution in [0.25, 0.3) is 5.52 Å². The summed E-state index contributed by atoms with van der Waals surface area (Å²) >= 11 is 9.88. The van der Waals surface area contributed by atoms with Crippen molar-refractivity contribution in [3.63, 3.8) is 0 Å². The minimum atomic E-state index is 0.244. The summed E-state index contributed by atoms with van der Waals surface area (Å²) in [5, 5.41) is 14.5. The normalized spacial score (nSPS) is 15.2. The zero-order valence-electron chi connectivity index (χ0n) is 12.6. The molecule has 2 heterocycles. The maximum atomic E-state index is 9.71. The lowest BCUT2D eigenvalue weighted by atomic mass is 10.1. The van der Waals surface area contributed by atoms with Crippen molar-refractivity contribution in [3.8, 4) is 5.75 Å². The minimum Gasteiger partial charge on any atom is -0.508 e. The number of halogens is 2. The van der Waals surface area contributed by atoms with Gasteiger partial charge in [0, 0.05) is 10.7 Å². The van der Waals surface area contributed by atoms with Gasteiger partial charge in [0.1, 0.15) is 11.6 Å². The number of aromatic hydroxyl groups is 1. The fourth-order valence-electron chi connectivity index (χ4n) is 2.73. The molecule has 1 saturated carbocycles. The maximum Gasteiger partial charge on any atom is 0.134 e. The SMILES string of the molecule is N/C(=N\c1ccc(O)cc1C1CC1)c1cnn2cc(Br)cc2c1Cl. The highest BCUT2D eigenvalue weighted by Gasteiger charge is 2.26. The van der Waals surface area contributed by atoms with Gasteiger partial charge in [-0.1, -0.05) is 11.6 Å². The Labute approximate surface area is 151 Å². The van der Waals surface area contributed by atoms with Crippen LogP contribution in [0.4, 0.5) is 5.69 Å². The van der Waals surface area contributed by atoms with Gasteiger partial charge in [-0.3, -0.25) is 0 Å². The van der Waals surface area contributed by atoms with Crippen LogP contribution in [0.3, 0.4) is 0 Å². The first kappa shape index (κ1) is 15.5. The van der Waals surface area contributed by atoms with Crippen molar-refractivity contribution >= 4 is 44.6 Å². The number of hydrogen-bond donors (Lipinski definition) is 2. The van der Waals surface area contributed by atoms with Crippen LogP contribution in [-0.2, 0) is 0 Å². The van der Waals surface area contributed by atoms with Crippen LogP contribution in [0.1, 0.15) is 29.9 Å². The van der Waals surface area contributed by atoms with Gasteiger partial charge in [0.25, 0.3) is 0 Å². The second-order valence-corrected chi connectivity index (χ2v) is 7.17. The number of aromatic nitrogens is 2. The number of fused-ring (bicyclic) bond motifs is 1. The highest BCUT2D eigenvalue weighted by molar-refractivity contribution is 9.10. The fraction of sp³-hybridized carbons (Fsp3) is 0.176. The Balaban J connectivity index is 1.80. The van der Waals surface area contributed by atoms with Gasteiger partial charge in [-0.05, 0) is 64.5 Å². The third-order valence-corrected chi connectivity index (χ3v) is 4.92. The first-order valence-corrected chi connectivity index (χ1v) is 8.70. The van der Waals surface area contributed by atoms with E-state index in [2.05, 4.69) is 26.0 Å². The summed E-state index contributed by atoms with van der Waals surface area (Å²) in [6.07, 6.45) is 5.65. The number of hydrogen-bond acceptors (Lipinski definition) is 3. The van der Waals surface area contributed by atoms with Crippen LogP contribution in [0.15, 0.2) is 46.1 Å². The third kappa shape index (κ3) is 2.76. The molecule has 0 aliphatic heterocycles. The van der Waals surface area contributed by atoms with E-state index in [9.17, 15) is 5.11 Å². The molecule has 3 aromatic rings. The van der Waals surface area contributed by atoms with Gasteiger partial charge in [0.05, 0.1) is 28.0 Å². The van der Waals surface area contributed by atoms with Crippen LogP contribution < -0.4 is 5.73 Å². The summed E-state index contributed by atoms with van der Waals surface area (Å²) in [5.41, 5.74) is 9.33. The van der Waals surface area contributed by atoms with Crippen molar-refractivity contribution < 1.29 is 5.11 Å². The standard InChI is InChI=1S/C17H14BrClN4O/c18-10-5-15-16(19)13(7-21-23(15)8-10)17(20)22-14-4-3-11(24)6-12(14)9-1-2-9/h3-9,24H,1-2H2,(H2,20,22). The Morgan fingerprint density at radius 3 is 2.92 bits per heavy atom. The number of nitrogens with zero attached hydrogens (tertiary/aromatic N) is 3. The van der Waals surface area contributed by atoms with Crippen molar-refractivity contribution in [2.45, 2.75) is 18.8 Å². The fourth-order valence-corrected chi connectivity index (χ4v) is 3.43. The average Bonchev–Trinajstić information content (AvgIpc) is 3.31. The molecule has 0 saturated heterocycles. The number of phenols is 1. The number of nitrogens with two attached hydrogens (primary N) is 1. The molecule has 0 radical (unpaired) electrons. The topological polar surface area (TPSA) is 75.9 Å². The van der Waals surface area contributed by atoms with E-state index in [4.69, 9.17) is 17.3 Å². The van der Waals surface area contributed by atoms with E-state index in [0.29, 0.717) is 22.3 Å². The molecular weight excluding hydrogens is 392 g/mol. The predicted octanol–water partition coefficient (Wildman–Crippen LogP) is 4.37. The molecule has 1 aliphatic carbocycles. The summed E-state index contributed by atoms with van der Waals surface area (Å²) in [4.78, 5) is 4.54. The van der Waals surface area contributed by atoms with E-state index in [-0.39, 0.29) is 5.75 Å². The molecule has 4 rings (SSSR count). The molecule has 0 atom stereocenters. The molecule has 1 aromatic carbocycles. The van der Waals surface area contributed by atoms with Gasteiger partial charge in [0.2, 0.25) is 0 Å². The van der Waals surface area contributed by atoms with Crippen molar-refractivity contribution in [2.24, 2.45) is 10.7 Å². The molecule has 1 fully saturated rings. The van der Waals surface area contributed by atoms with Gasteiger partial charge in [-0.2, -0.15) is 5.10 Å². The van der Waals surface area contributed by atoms with Crippen LogP contribution >= 0.6 is 27.5 Å². The van der Waals surface area contributed by atoms with Crippen LogP contribution in [-0.4, -0.2) is 20.6 Å². The second-order valence-electron chi connectivity index (χ2n) is 5.87. The second kappa shape index (κ2) is 5.79. The molecular formula is C17H14BrClN4O. The van der Waals surface area contributed by atoms with Crippen molar-refractivity contribution in [1.82, 2.24) is 9.61 Å². The molecule has 7 heteroatoms. The van der Waals surface area contributed by atoms with Crippen molar-refractivity contribution in [2.75, 3.05) is 0 Å². The Hall–Kier alpha value is -2.05. The van der Waals surface area contributed by atoms with E-state index in [0.717, 1.165) is 34.1 Å². The van der Waals surface area contributed by atoms with Crippen LogP contribution in [0.2, 0.25) is 5.02 Å². The zero-order valence-corrected chi connectivity index (χ0v) is 14.9. The Bertz CT molecular complexity index is 978. The van der Waals surface area contributed by atoms with E-state index >= 15 is 0 Å². The molecule has 5 nitrogen and oxygen atoms in total. The first-order valence-electron chi connectivity index (χ1n) is 7.53.